The van der Waals surface area contributed by atoms with E-state index in [0.717, 1.165) is 0 Å². The smallest absolute Gasteiger partial charge is 0.287 e. The van der Waals surface area contributed by atoms with Gasteiger partial charge in [-0.2, -0.15) is 26.3 Å². The van der Waals surface area contributed by atoms with E-state index in [2.05, 4.69) is 0 Å². The van der Waals surface area contributed by atoms with Crippen molar-refractivity contribution < 1.29 is 31.1 Å². The maximum Gasteiger partial charge on any atom is 0.401 e. The Morgan fingerprint density at radius 1 is 1.00 bits per heavy atom. The molecule has 0 aromatic heterocycles. The van der Waals surface area contributed by atoms with Crippen LogP contribution in [-0.2, 0) is 4.79 Å². The highest BCUT2D eigenvalue weighted by atomic mass is 19.3. The summed E-state index contributed by atoms with van der Waals surface area (Å²) in [6.07, 6.45) is 0. The SMILES string of the molecule is O=C1NC(F)(F)C(F)(F)C1(F)F. The molecular formula is C4HF6NO. The minimum Gasteiger partial charge on any atom is -0.287 e. The van der Waals surface area contributed by atoms with Crippen molar-refractivity contribution in [2.75, 3.05) is 0 Å². The number of carbonyl (C=O) groups is 1. The molecule has 1 amide bonds. The molecule has 1 aliphatic rings. The fourth-order valence-corrected chi connectivity index (χ4v) is 0.639. The van der Waals surface area contributed by atoms with Gasteiger partial charge in [0.2, 0.25) is 0 Å². The molecule has 0 saturated carbocycles. The lowest BCUT2D eigenvalue weighted by atomic mass is 10.2. The normalized spacial score (nSPS) is 30.0. The van der Waals surface area contributed by atoms with Crippen molar-refractivity contribution >= 4 is 5.91 Å². The fourth-order valence-electron chi connectivity index (χ4n) is 0.639. The molecule has 2 nitrogen and oxygen atoms in total. The first-order valence-corrected chi connectivity index (χ1v) is 2.59. The van der Waals surface area contributed by atoms with Crippen LogP contribution in [0, 0.1) is 0 Å². The Balaban J connectivity index is 3.19. The van der Waals surface area contributed by atoms with Crippen LogP contribution >= 0.6 is 0 Å². The molecule has 0 bridgehead atoms. The standard InChI is InChI=1S/C4HF6NO/c5-2(6)1(12)11-4(9,10)3(2,7)8/h(H,11,12). The van der Waals surface area contributed by atoms with E-state index in [1.165, 1.54) is 0 Å². The summed E-state index contributed by atoms with van der Waals surface area (Å²) in [5.41, 5.74) is 0. The average Bonchev–Trinajstić information content (AvgIpc) is 1.92. The summed E-state index contributed by atoms with van der Waals surface area (Å²) in [5.74, 6) is -13.7. The van der Waals surface area contributed by atoms with Crippen molar-refractivity contribution in [3.63, 3.8) is 0 Å². The number of alkyl halides is 6. The van der Waals surface area contributed by atoms with Crippen LogP contribution in [0.15, 0.2) is 0 Å². The number of carbonyl (C=O) groups excluding carboxylic acids is 1. The maximum absolute atomic E-state index is 12.0. The van der Waals surface area contributed by atoms with Crippen molar-refractivity contribution in [1.29, 1.82) is 0 Å². The van der Waals surface area contributed by atoms with E-state index >= 15 is 0 Å². The van der Waals surface area contributed by atoms with E-state index in [1.54, 1.807) is 0 Å². The lowest BCUT2D eigenvalue weighted by Crippen LogP contribution is -2.49. The molecular weight excluding hydrogens is 192 g/mol. The summed E-state index contributed by atoms with van der Waals surface area (Å²) in [5, 5.41) is 0.201. The molecule has 0 atom stereocenters. The van der Waals surface area contributed by atoms with Gasteiger partial charge in [-0.15, -0.1) is 0 Å². The van der Waals surface area contributed by atoms with E-state index in [1.807, 2.05) is 0 Å². The molecule has 0 aromatic rings. The predicted octanol–water partition coefficient (Wildman–Crippen LogP) is 0.980. The van der Waals surface area contributed by atoms with Gasteiger partial charge in [0.05, 0.1) is 0 Å². The quantitative estimate of drug-likeness (QED) is 0.451. The molecule has 1 N–H and O–H groups in total. The summed E-state index contributed by atoms with van der Waals surface area (Å²) in [6.45, 7) is 0. The van der Waals surface area contributed by atoms with Gasteiger partial charge in [0, 0.05) is 0 Å². The number of hydrogen-bond donors (Lipinski definition) is 1. The minimum absolute atomic E-state index is 0.201. The maximum atomic E-state index is 12.0. The van der Waals surface area contributed by atoms with E-state index in [9.17, 15) is 31.1 Å². The molecule has 0 radical (unpaired) electrons. The second kappa shape index (κ2) is 1.86. The lowest BCUT2D eigenvalue weighted by Gasteiger charge is -2.19. The molecule has 1 saturated heterocycles. The molecule has 0 aromatic carbocycles. The largest absolute Gasteiger partial charge is 0.401 e. The Bertz CT molecular complexity index is 236. The van der Waals surface area contributed by atoms with Crippen LogP contribution in [0.1, 0.15) is 0 Å². The van der Waals surface area contributed by atoms with Gasteiger partial charge in [0.1, 0.15) is 0 Å². The Labute approximate surface area is 61.5 Å². The number of nitrogens with one attached hydrogen (secondary N) is 1. The van der Waals surface area contributed by atoms with Crippen LogP contribution in [0.25, 0.3) is 0 Å². The van der Waals surface area contributed by atoms with Gasteiger partial charge in [-0.25, -0.2) is 0 Å². The molecule has 1 rings (SSSR count). The molecule has 12 heavy (non-hydrogen) atoms. The van der Waals surface area contributed by atoms with Crippen LogP contribution in [0.3, 0.4) is 0 Å². The second-order valence-corrected chi connectivity index (χ2v) is 2.18. The first-order chi connectivity index (χ1) is 5.13. The fraction of sp³-hybridized carbons (Fsp3) is 0.750. The predicted molar refractivity (Wildman–Crippen MR) is 23.0 cm³/mol. The highest BCUT2D eigenvalue weighted by Gasteiger charge is 2.81. The van der Waals surface area contributed by atoms with E-state index in [0.29, 0.717) is 0 Å². The van der Waals surface area contributed by atoms with Crippen molar-refractivity contribution in [1.82, 2.24) is 5.32 Å². The number of rotatable bonds is 0. The zero-order valence-corrected chi connectivity index (χ0v) is 5.18. The molecule has 1 heterocycles. The Kier molecular flexibility index (Phi) is 1.41. The highest BCUT2D eigenvalue weighted by molar-refractivity contribution is 5.88. The molecule has 0 unspecified atom stereocenters. The molecule has 70 valence electrons. The Morgan fingerprint density at radius 3 is 1.50 bits per heavy atom. The second-order valence-electron chi connectivity index (χ2n) is 2.18. The van der Waals surface area contributed by atoms with Gasteiger partial charge < -0.3 is 0 Å². The molecule has 8 heteroatoms. The Hall–Kier alpha value is -0.950. The molecule has 0 aliphatic carbocycles. The van der Waals surface area contributed by atoms with Crippen LogP contribution in [0.5, 0.6) is 0 Å². The number of amides is 1. The summed E-state index contributed by atoms with van der Waals surface area (Å²) in [4.78, 5) is 9.91. The third kappa shape index (κ3) is 0.745. The first-order valence-electron chi connectivity index (χ1n) is 2.59. The van der Waals surface area contributed by atoms with Crippen LogP contribution < -0.4 is 5.32 Å². The summed E-state index contributed by atoms with van der Waals surface area (Å²) >= 11 is 0. The zero-order valence-electron chi connectivity index (χ0n) is 5.18. The molecule has 1 aliphatic heterocycles. The molecule has 0 spiro atoms. The van der Waals surface area contributed by atoms with Gasteiger partial charge in [-0.1, -0.05) is 0 Å². The van der Waals surface area contributed by atoms with Crippen molar-refractivity contribution in [2.24, 2.45) is 0 Å². The minimum atomic E-state index is -5.67. The van der Waals surface area contributed by atoms with Gasteiger partial charge in [-0.05, 0) is 0 Å². The zero-order chi connectivity index (χ0) is 9.78. The van der Waals surface area contributed by atoms with E-state index in [4.69, 9.17) is 0 Å². The highest BCUT2D eigenvalue weighted by Crippen LogP contribution is 2.48. The number of hydrogen-bond acceptors (Lipinski definition) is 1. The summed E-state index contributed by atoms with van der Waals surface area (Å²) < 4.78 is 71.7. The lowest BCUT2D eigenvalue weighted by molar-refractivity contribution is -0.271. The van der Waals surface area contributed by atoms with Crippen LogP contribution in [0.4, 0.5) is 26.3 Å². The topological polar surface area (TPSA) is 29.1 Å². The third-order valence-electron chi connectivity index (χ3n) is 1.34. The van der Waals surface area contributed by atoms with E-state index in [-0.39, 0.29) is 5.32 Å². The summed E-state index contributed by atoms with van der Waals surface area (Å²) in [7, 11) is 0. The van der Waals surface area contributed by atoms with Crippen molar-refractivity contribution in [2.45, 2.75) is 17.9 Å². The van der Waals surface area contributed by atoms with Crippen LogP contribution in [-0.4, -0.2) is 23.8 Å². The van der Waals surface area contributed by atoms with Gasteiger partial charge in [0.25, 0.3) is 0 Å². The average molecular weight is 193 g/mol. The van der Waals surface area contributed by atoms with Gasteiger partial charge in [-0.3, -0.25) is 10.1 Å². The first kappa shape index (κ1) is 9.14. The van der Waals surface area contributed by atoms with Crippen molar-refractivity contribution in [3.8, 4) is 0 Å². The van der Waals surface area contributed by atoms with Crippen molar-refractivity contribution in [3.05, 3.63) is 0 Å². The molecule has 1 fully saturated rings. The van der Waals surface area contributed by atoms with E-state index < -0.39 is 23.8 Å². The third-order valence-corrected chi connectivity index (χ3v) is 1.34. The van der Waals surface area contributed by atoms with Crippen LogP contribution in [0.2, 0.25) is 0 Å². The Morgan fingerprint density at radius 2 is 1.42 bits per heavy atom. The number of halogens is 6. The monoisotopic (exact) mass is 193 g/mol. The summed E-state index contributed by atoms with van der Waals surface area (Å²) in [6, 6.07) is -5.19. The van der Waals surface area contributed by atoms with Gasteiger partial charge in [0.15, 0.2) is 0 Å². The van der Waals surface area contributed by atoms with Gasteiger partial charge >= 0.3 is 23.8 Å².